The Bertz CT molecular complexity index is 1190. The van der Waals surface area contributed by atoms with Gasteiger partial charge < -0.3 is 9.47 Å². The minimum absolute atomic E-state index is 0.0239. The molecule has 0 spiro atoms. The lowest BCUT2D eigenvalue weighted by molar-refractivity contribution is -0.158. The van der Waals surface area contributed by atoms with Gasteiger partial charge in [0.05, 0.1) is 12.3 Å². The van der Waals surface area contributed by atoms with Crippen molar-refractivity contribution in [1.29, 1.82) is 0 Å². The van der Waals surface area contributed by atoms with Gasteiger partial charge in [-0.1, -0.05) is 32.4 Å². The fraction of sp³-hybridized carbons (Fsp3) is 0.538. The fourth-order valence-electron chi connectivity index (χ4n) is 4.07. The second-order valence-corrected chi connectivity index (χ2v) is 8.94. The summed E-state index contributed by atoms with van der Waals surface area (Å²) in [7, 11) is 1.81. The van der Waals surface area contributed by atoms with Crippen molar-refractivity contribution >= 4 is 17.0 Å². The zero-order valence-corrected chi connectivity index (χ0v) is 21.2. The SMILES string of the molecule is CCCc1nn(C)c2c(=O)n(CCCc3ccc(OC(C)(C)C(=O)OCC)cc3)c(CC)nc12. The summed E-state index contributed by atoms with van der Waals surface area (Å²) in [6.45, 7) is 10.2. The van der Waals surface area contributed by atoms with E-state index >= 15 is 0 Å². The van der Waals surface area contributed by atoms with Crippen LogP contribution in [-0.4, -0.2) is 37.5 Å². The highest BCUT2D eigenvalue weighted by Crippen LogP contribution is 2.21. The molecule has 0 saturated heterocycles. The largest absolute Gasteiger partial charge is 0.476 e. The highest BCUT2D eigenvalue weighted by molar-refractivity contribution is 5.79. The summed E-state index contributed by atoms with van der Waals surface area (Å²) in [6, 6.07) is 7.69. The summed E-state index contributed by atoms with van der Waals surface area (Å²) < 4.78 is 14.4. The highest BCUT2D eigenvalue weighted by Gasteiger charge is 2.31. The van der Waals surface area contributed by atoms with E-state index < -0.39 is 11.6 Å². The van der Waals surface area contributed by atoms with Crippen molar-refractivity contribution in [2.45, 2.75) is 78.9 Å². The number of hydrogen-bond acceptors (Lipinski definition) is 6. The molecule has 184 valence electrons. The van der Waals surface area contributed by atoms with Crippen LogP contribution in [0.5, 0.6) is 5.75 Å². The van der Waals surface area contributed by atoms with E-state index in [1.165, 1.54) is 0 Å². The Morgan fingerprint density at radius 3 is 2.41 bits per heavy atom. The number of benzene rings is 1. The van der Waals surface area contributed by atoms with Gasteiger partial charge in [-0.15, -0.1) is 0 Å². The maximum atomic E-state index is 13.3. The van der Waals surface area contributed by atoms with Gasteiger partial charge in [-0.25, -0.2) is 9.78 Å². The van der Waals surface area contributed by atoms with Gasteiger partial charge in [-0.2, -0.15) is 5.10 Å². The van der Waals surface area contributed by atoms with Crippen molar-refractivity contribution in [2.24, 2.45) is 7.05 Å². The first kappa shape index (κ1) is 25.5. The molecule has 0 aliphatic heterocycles. The Morgan fingerprint density at radius 2 is 1.79 bits per heavy atom. The van der Waals surface area contributed by atoms with E-state index in [9.17, 15) is 9.59 Å². The molecule has 0 aliphatic rings. The zero-order valence-electron chi connectivity index (χ0n) is 21.2. The number of fused-ring (bicyclic) bond motifs is 1. The lowest BCUT2D eigenvalue weighted by Gasteiger charge is -2.24. The number of carbonyl (C=O) groups is 1. The molecule has 2 heterocycles. The number of hydrogen-bond donors (Lipinski definition) is 0. The second kappa shape index (κ2) is 10.8. The summed E-state index contributed by atoms with van der Waals surface area (Å²) in [5.74, 6) is 1.02. The standard InChI is InChI=1S/C26H36N4O4/c1-7-11-20-22-23(29(6)28-20)24(31)30(21(8-2)27-22)17-10-12-18-13-15-19(16-14-18)34-26(4,5)25(32)33-9-3/h13-16H,7-12,17H2,1-6H3. The predicted molar refractivity (Wildman–Crippen MR) is 132 cm³/mol. The van der Waals surface area contributed by atoms with Gasteiger partial charge in [0.1, 0.15) is 17.1 Å². The van der Waals surface area contributed by atoms with E-state index in [2.05, 4.69) is 12.0 Å². The molecule has 0 amide bonds. The van der Waals surface area contributed by atoms with Crippen LogP contribution in [0, 0.1) is 0 Å². The lowest BCUT2D eigenvalue weighted by Crippen LogP contribution is -2.39. The average Bonchev–Trinajstić information content (AvgIpc) is 3.11. The molecule has 3 aromatic rings. The van der Waals surface area contributed by atoms with Crippen molar-refractivity contribution in [1.82, 2.24) is 19.3 Å². The average molecular weight is 469 g/mol. The summed E-state index contributed by atoms with van der Waals surface area (Å²) >= 11 is 0. The van der Waals surface area contributed by atoms with Crippen LogP contribution < -0.4 is 10.3 Å². The molecule has 1 aromatic carbocycles. The van der Waals surface area contributed by atoms with Crippen molar-refractivity contribution in [3.63, 3.8) is 0 Å². The van der Waals surface area contributed by atoms with Crippen LogP contribution in [0.4, 0.5) is 0 Å². The summed E-state index contributed by atoms with van der Waals surface area (Å²) in [6.07, 6.45) is 4.07. The minimum atomic E-state index is -1.05. The maximum absolute atomic E-state index is 13.3. The Kier molecular flexibility index (Phi) is 8.12. The van der Waals surface area contributed by atoms with Gasteiger partial charge in [0, 0.05) is 20.0 Å². The zero-order chi connectivity index (χ0) is 24.9. The first-order valence-electron chi connectivity index (χ1n) is 12.1. The van der Waals surface area contributed by atoms with Crippen molar-refractivity contribution < 1.29 is 14.3 Å². The summed E-state index contributed by atoms with van der Waals surface area (Å²) in [5.41, 5.74) is 2.27. The number of carbonyl (C=O) groups excluding carboxylic acids is 1. The van der Waals surface area contributed by atoms with Crippen LogP contribution in [0.2, 0.25) is 0 Å². The fourth-order valence-corrected chi connectivity index (χ4v) is 4.07. The molecule has 0 aliphatic carbocycles. The topological polar surface area (TPSA) is 88.2 Å². The predicted octanol–water partition coefficient (Wildman–Crippen LogP) is 4.00. The Balaban J connectivity index is 1.70. The highest BCUT2D eigenvalue weighted by atomic mass is 16.6. The van der Waals surface area contributed by atoms with Crippen LogP contribution >= 0.6 is 0 Å². The third-order valence-corrected chi connectivity index (χ3v) is 5.81. The van der Waals surface area contributed by atoms with E-state index in [1.54, 1.807) is 30.0 Å². The molecular weight excluding hydrogens is 432 g/mol. The number of nitrogens with zero attached hydrogens (tertiary/aromatic N) is 4. The number of rotatable bonds is 11. The van der Waals surface area contributed by atoms with E-state index in [1.807, 2.05) is 38.2 Å². The Morgan fingerprint density at radius 1 is 1.09 bits per heavy atom. The van der Waals surface area contributed by atoms with Crippen LogP contribution in [0.3, 0.4) is 0 Å². The molecule has 8 heteroatoms. The Hall–Kier alpha value is -3.16. The van der Waals surface area contributed by atoms with Crippen LogP contribution in [0.1, 0.15) is 64.5 Å². The van der Waals surface area contributed by atoms with Gasteiger partial charge in [-0.3, -0.25) is 14.0 Å². The van der Waals surface area contributed by atoms with Crippen LogP contribution in [0.15, 0.2) is 29.1 Å². The van der Waals surface area contributed by atoms with E-state index in [0.29, 0.717) is 30.8 Å². The van der Waals surface area contributed by atoms with E-state index in [-0.39, 0.29) is 5.56 Å². The Labute approximate surface area is 200 Å². The normalized spacial score (nSPS) is 11.7. The van der Waals surface area contributed by atoms with Gasteiger partial charge in [0.2, 0.25) is 0 Å². The van der Waals surface area contributed by atoms with Crippen LogP contribution in [0.25, 0.3) is 11.0 Å². The van der Waals surface area contributed by atoms with Crippen molar-refractivity contribution in [3.05, 3.63) is 51.7 Å². The number of aryl methyl sites for hydroxylation is 4. The number of aromatic nitrogens is 4. The molecule has 0 fully saturated rings. The first-order valence-corrected chi connectivity index (χ1v) is 12.1. The summed E-state index contributed by atoms with van der Waals surface area (Å²) in [5, 5.41) is 4.54. The molecule has 0 radical (unpaired) electrons. The monoisotopic (exact) mass is 468 g/mol. The molecule has 34 heavy (non-hydrogen) atoms. The molecule has 0 bridgehead atoms. The lowest BCUT2D eigenvalue weighted by atomic mass is 10.1. The molecule has 8 nitrogen and oxygen atoms in total. The molecular formula is C26H36N4O4. The second-order valence-electron chi connectivity index (χ2n) is 8.94. The van der Waals surface area contributed by atoms with E-state index in [4.69, 9.17) is 14.5 Å². The summed E-state index contributed by atoms with van der Waals surface area (Å²) in [4.78, 5) is 30.1. The molecule has 0 unspecified atom stereocenters. The number of esters is 1. The third-order valence-electron chi connectivity index (χ3n) is 5.81. The quantitative estimate of drug-likeness (QED) is 0.395. The minimum Gasteiger partial charge on any atom is -0.476 e. The molecule has 0 atom stereocenters. The molecule has 0 N–H and O–H groups in total. The molecule has 3 rings (SSSR count). The maximum Gasteiger partial charge on any atom is 0.349 e. The van der Waals surface area contributed by atoms with Gasteiger partial charge >= 0.3 is 5.97 Å². The van der Waals surface area contributed by atoms with E-state index in [0.717, 1.165) is 48.3 Å². The van der Waals surface area contributed by atoms with Gasteiger partial charge in [0.25, 0.3) is 5.56 Å². The van der Waals surface area contributed by atoms with Crippen molar-refractivity contribution in [3.8, 4) is 5.75 Å². The first-order chi connectivity index (χ1) is 16.2. The van der Waals surface area contributed by atoms with Crippen LogP contribution in [-0.2, 0) is 42.4 Å². The molecule has 0 saturated carbocycles. The number of ether oxygens (including phenoxy) is 2. The third kappa shape index (κ3) is 5.48. The van der Waals surface area contributed by atoms with Gasteiger partial charge in [-0.05, 0) is 57.7 Å². The van der Waals surface area contributed by atoms with Gasteiger partial charge in [0.15, 0.2) is 11.1 Å². The van der Waals surface area contributed by atoms with Crippen molar-refractivity contribution in [2.75, 3.05) is 6.61 Å². The smallest absolute Gasteiger partial charge is 0.349 e. The molecule has 2 aromatic heterocycles.